The molecule has 1 nitrogen and oxygen atoms in total. The second kappa shape index (κ2) is 3.30. The van der Waals surface area contributed by atoms with E-state index in [1.165, 1.54) is 11.5 Å². The zero-order chi connectivity index (χ0) is 5.82. The average molecular weight is 147 g/mol. The van der Waals surface area contributed by atoms with E-state index >= 15 is 0 Å². The van der Waals surface area contributed by atoms with Crippen LogP contribution in [0.2, 0.25) is 0 Å². The molecule has 0 spiro atoms. The van der Waals surface area contributed by atoms with Gasteiger partial charge in [-0.15, -0.1) is 0 Å². The highest BCUT2D eigenvalue weighted by atomic mass is 33.1. The maximum absolute atomic E-state index is 3.59. The Morgan fingerprint density at radius 3 is 2.62 bits per heavy atom. The summed E-state index contributed by atoms with van der Waals surface area (Å²) in [6, 6.07) is 0.669. The molecule has 0 aliphatic carbocycles. The third-order valence-corrected chi connectivity index (χ3v) is 3.54. The fourth-order valence-corrected chi connectivity index (χ4v) is 3.23. The van der Waals surface area contributed by atoms with Gasteiger partial charge in [0.05, 0.1) is 0 Å². The third kappa shape index (κ3) is 1.63. The topological polar surface area (TPSA) is 12.0 Å². The van der Waals surface area contributed by atoms with Crippen LogP contribution in [-0.4, -0.2) is 17.5 Å². The monoisotopic (exact) mass is 147 g/mol. The molecule has 0 radical (unpaired) electrons. The molecule has 1 heterocycles. The molecule has 0 amide bonds. The molecule has 0 unspecified atom stereocenters. The normalized spacial score (nSPS) is 21.0. The molecule has 0 bridgehead atoms. The molecule has 1 N–H and O–H groups in total. The predicted octanol–water partition coefficient (Wildman–Crippen LogP) is 1.48. The van der Waals surface area contributed by atoms with Gasteiger partial charge < -0.3 is 5.32 Å². The van der Waals surface area contributed by atoms with Gasteiger partial charge in [0.1, 0.15) is 0 Å². The zero-order valence-corrected chi connectivity index (χ0v) is 6.23. The molecule has 0 aromatic carbocycles. The van der Waals surface area contributed by atoms with E-state index in [-0.39, 0.29) is 0 Å². The van der Waals surface area contributed by atoms with Crippen molar-refractivity contribution in [3.8, 4) is 0 Å². The van der Waals surface area contributed by atoms with Crippen LogP contribution in [-0.2, 0) is 0 Å². The van der Waals surface area contributed by atoms with Crippen LogP contribution in [0.1, 0.15) is 0 Å². The van der Waals surface area contributed by atoms with Crippen molar-refractivity contribution in [3.05, 3.63) is 12.8 Å². The molecule has 1 rings (SSSR count). The van der Waals surface area contributed by atoms with Gasteiger partial charge in [-0.25, -0.2) is 0 Å². The molecule has 46 valence electrons. The lowest BCUT2D eigenvalue weighted by Crippen LogP contribution is -2.25. The molecule has 1 aliphatic heterocycles. The molecule has 8 heavy (non-hydrogen) atoms. The van der Waals surface area contributed by atoms with Gasteiger partial charge in [-0.3, -0.25) is 0 Å². The van der Waals surface area contributed by atoms with Gasteiger partial charge in [0, 0.05) is 17.5 Å². The Hall–Kier alpha value is 0.240. The lowest BCUT2D eigenvalue weighted by molar-refractivity contribution is 0.732. The molecule has 1 aliphatic rings. The van der Waals surface area contributed by atoms with Crippen molar-refractivity contribution in [1.29, 1.82) is 0 Å². The Labute approximate surface area is 57.7 Å². The van der Waals surface area contributed by atoms with Crippen molar-refractivity contribution < 1.29 is 0 Å². The van der Waals surface area contributed by atoms with Crippen LogP contribution in [0.4, 0.5) is 0 Å². The number of rotatable bonds is 2. The quantitative estimate of drug-likeness (QED) is 0.594. The Bertz CT molecular complexity index is 78.5. The predicted molar refractivity (Wildman–Crippen MR) is 42.0 cm³/mol. The highest BCUT2D eigenvalue weighted by Crippen LogP contribution is 2.30. The summed E-state index contributed by atoms with van der Waals surface area (Å²) in [5.74, 6) is 2.44. The maximum atomic E-state index is 3.59. The Balaban J connectivity index is 2.14. The number of hydrogen-bond donors (Lipinski definition) is 1. The SMILES string of the molecule is C=CNC1CSSC1. The minimum atomic E-state index is 0.669. The summed E-state index contributed by atoms with van der Waals surface area (Å²) in [5, 5.41) is 3.17. The Morgan fingerprint density at radius 2 is 2.12 bits per heavy atom. The van der Waals surface area contributed by atoms with E-state index in [0.29, 0.717) is 6.04 Å². The number of hydrogen-bond acceptors (Lipinski definition) is 3. The van der Waals surface area contributed by atoms with E-state index in [4.69, 9.17) is 0 Å². The second-order valence-corrected chi connectivity index (χ2v) is 4.19. The summed E-state index contributed by atoms with van der Waals surface area (Å²) >= 11 is 0. The first-order valence-corrected chi connectivity index (χ1v) is 5.03. The highest BCUT2D eigenvalue weighted by Gasteiger charge is 2.12. The van der Waals surface area contributed by atoms with Gasteiger partial charge >= 0.3 is 0 Å². The number of nitrogens with one attached hydrogen (secondary N) is 1. The van der Waals surface area contributed by atoms with E-state index in [1.807, 2.05) is 21.6 Å². The summed E-state index contributed by atoms with van der Waals surface area (Å²) < 4.78 is 0. The Morgan fingerprint density at radius 1 is 1.50 bits per heavy atom. The molecular weight excluding hydrogens is 138 g/mol. The van der Waals surface area contributed by atoms with Crippen LogP contribution in [0.15, 0.2) is 12.8 Å². The van der Waals surface area contributed by atoms with Crippen molar-refractivity contribution in [2.75, 3.05) is 11.5 Å². The van der Waals surface area contributed by atoms with Crippen LogP contribution in [0.3, 0.4) is 0 Å². The summed E-state index contributed by atoms with van der Waals surface area (Å²) in [7, 11) is 3.86. The molecule has 1 saturated heterocycles. The van der Waals surface area contributed by atoms with Crippen LogP contribution >= 0.6 is 21.6 Å². The highest BCUT2D eigenvalue weighted by molar-refractivity contribution is 8.77. The summed E-state index contributed by atoms with van der Waals surface area (Å²) in [5.41, 5.74) is 0. The zero-order valence-electron chi connectivity index (χ0n) is 4.59. The minimum absolute atomic E-state index is 0.669. The third-order valence-electron chi connectivity index (χ3n) is 0.975. The largest absolute Gasteiger partial charge is 0.387 e. The van der Waals surface area contributed by atoms with Crippen molar-refractivity contribution in [1.82, 2.24) is 5.32 Å². The van der Waals surface area contributed by atoms with Gasteiger partial charge in [0.2, 0.25) is 0 Å². The van der Waals surface area contributed by atoms with Gasteiger partial charge in [-0.1, -0.05) is 28.2 Å². The fraction of sp³-hybridized carbons (Fsp3) is 0.600. The first-order chi connectivity index (χ1) is 3.93. The molecule has 3 heteroatoms. The second-order valence-electron chi connectivity index (χ2n) is 1.64. The molecule has 0 aromatic heterocycles. The molecular formula is C5H9NS2. The lowest BCUT2D eigenvalue weighted by Gasteiger charge is -2.04. The van der Waals surface area contributed by atoms with Gasteiger partial charge in [0.25, 0.3) is 0 Å². The van der Waals surface area contributed by atoms with Crippen molar-refractivity contribution in [2.45, 2.75) is 6.04 Å². The fourth-order valence-electron chi connectivity index (χ4n) is 0.571. The molecule has 0 aromatic rings. The lowest BCUT2D eigenvalue weighted by atomic mass is 10.4. The summed E-state index contributed by atoms with van der Waals surface area (Å²) in [4.78, 5) is 0. The Kier molecular flexibility index (Phi) is 2.63. The molecule has 1 fully saturated rings. The van der Waals surface area contributed by atoms with E-state index in [1.54, 1.807) is 6.20 Å². The van der Waals surface area contributed by atoms with Crippen LogP contribution < -0.4 is 5.32 Å². The standard InChI is InChI=1S/C5H9NS2/c1-2-6-5-3-7-8-4-5/h2,5-6H,1,3-4H2. The first-order valence-electron chi connectivity index (χ1n) is 2.55. The van der Waals surface area contributed by atoms with Crippen LogP contribution in [0.25, 0.3) is 0 Å². The van der Waals surface area contributed by atoms with Crippen LogP contribution in [0.5, 0.6) is 0 Å². The first kappa shape index (κ1) is 6.36. The van der Waals surface area contributed by atoms with Crippen molar-refractivity contribution in [3.63, 3.8) is 0 Å². The van der Waals surface area contributed by atoms with Gasteiger partial charge in [0.15, 0.2) is 0 Å². The van der Waals surface area contributed by atoms with E-state index in [0.717, 1.165) is 0 Å². The van der Waals surface area contributed by atoms with E-state index in [9.17, 15) is 0 Å². The van der Waals surface area contributed by atoms with Crippen molar-refractivity contribution in [2.24, 2.45) is 0 Å². The summed E-state index contributed by atoms with van der Waals surface area (Å²) in [6.07, 6.45) is 1.77. The van der Waals surface area contributed by atoms with E-state index < -0.39 is 0 Å². The minimum Gasteiger partial charge on any atom is -0.387 e. The van der Waals surface area contributed by atoms with Crippen LogP contribution in [0, 0.1) is 0 Å². The average Bonchev–Trinajstić information content (AvgIpc) is 2.19. The molecule has 0 saturated carbocycles. The molecule has 0 atom stereocenters. The van der Waals surface area contributed by atoms with E-state index in [2.05, 4.69) is 11.9 Å². The van der Waals surface area contributed by atoms with Crippen molar-refractivity contribution >= 4 is 21.6 Å². The summed E-state index contributed by atoms with van der Waals surface area (Å²) in [6.45, 7) is 3.59. The van der Waals surface area contributed by atoms with Gasteiger partial charge in [-0.2, -0.15) is 0 Å². The smallest absolute Gasteiger partial charge is 0.0453 e. The van der Waals surface area contributed by atoms with Gasteiger partial charge in [-0.05, 0) is 6.20 Å². The maximum Gasteiger partial charge on any atom is 0.0453 e.